The van der Waals surface area contributed by atoms with Crippen molar-refractivity contribution >= 4 is 0 Å². The minimum Gasteiger partial charge on any atom is -0.192 e. The number of allylic oxidation sites excluding steroid dienone is 4. The van der Waals surface area contributed by atoms with E-state index in [1.807, 2.05) is 19.1 Å². The summed E-state index contributed by atoms with van der Waals surface area (Å²) in [6, 6.07) is 2.21. The highest BCUT2D eigenvalue weighted by Gasteiger charge is 2.08. The molecule has 0 aliphatic heterocycles. The van der Waals surface area contributed by atoms with Gasteiger partial charge in [-0.25, -0.2) is 0 Å². The third kappa shape index (κ3) is 8.35. The maximum absolute atomic E-state index is 8.85. The summed E-state index contributed by atoms with van der Waals surface area (Å²) in [5, 5.41) is 8.85. The van der Waals surface area contributed by atoms with Gasteiger partial charge in [0.15, 0.2) is 0 Å². The summed E-state index contributed by atoms with van der Waals surface area (Å²) in [6.45, 7) is 8.50. The summed E-state index contributed by atoms with van der Waals surface area (Å²) in [5.74, 6) is 0.656. The molecule has 0 saturated heterocycles. The Bertz CT molecular complexity index is 293. The lowest BCUT2D eigenvalue weighted by Crippen LogP contribution is -2.01. The van der Waals surface area contributed by atoms with Crippen LogP contribution in [0, 0.1) is 30.1 Å². The molecule has 17 heavy (non-hydrogen) atoms. The Kier molecular flexibility index (Phi) is 13.3. The standard InChI is InChI=1S/C14H23N.C2H2/c1-5-8-14(9-6-2)12(4)10-13(7-3)11-15;1-2/h7,10,14H,5-6,8-9H2,1-4H3;1-2H/b12-10+,13-7+;. The smallest absolute Gasteiger partial charge is 0.0988 e. The fourth-order valence-electron chi connectivity index (χ4n) is 1.84. The molecule has 0 aromatic carbocycles. The van der Waals surface area contributed by atoms with Crippen LogP contribution in [0.4, 0.5) is 0 Å². The summed E-state index contributed by atoms with van der Waals surface area (Å²) >= 11 is 0. The number of nitrogens with zero attached hydrogens (tertiary/aromatic N) is 1. The third-order valence-corrected chi connectivity index (χ3v) is 2.74. The van der Waals surface area contributed by atoms with Crippen molar-refractivity contribution in [2.75, 3.05) is 0 Å². The number of hydrogen-bond acceptors (Lipinski definition) is 1. The molecule has 0 aromatic rings. The van der Waals surface area contributed by atoms with Gasteiger partial charge in [-0.3, -0.25) is 0 Å². The van der Waals surface area contributed by atoms with Crippen LogP contribution in [0.3, 0.4) is 0 Å². The lowest BCUT2D eigenvalue weighted by Gasteiger charge is -2.15. The van der Waals surface area contributed by atoms with Crippen molar-refractivity contribution in [2.45, 2.75) is 53.4 Å². The number of terminal acetylenes is 1. The second kappa shape index (κ2) is 12.6. The lowest BCUT2D eigenvalue weighted by molar-refractivity contribution is 0.504. The minimum absolute atomic E-state index is 0.656. The van der Waals surface area contributed by atoms with Crippen LogP contribution in [-0.4, -0.2) is 0 Å². The molecule has 0 unspecified atom stereocenters. The molecule has 0 aliphatic carbocycles. The highest BCUT2D eigenvalue weighted by atomic mass is 14.2. The summed E-state index contributed by atoms with van der Waals surface area (Å²) in [6.07, 6.45) is 16.8. The summed E-state index contributed by atoms with van der Waals surface area (Å²) in [7, 11) is 0. The molecule has 0 N–H and O–H groups in total. The van der Waals surface area contributed by atoms with Crippen LogP contribution >= 0.6 is 0 Å². The van der Waals surface area contributed by atoms with Crippen molar-refractivity contribution in [2.24, 2.45) is 5.92 Å². The topological polar surface area (TPSA) is 23.8 Å². The average molecular weight is 231 g/mol. The zero-order valence-electron chi connectivity index (χ0n) is 11.7. The van der Waals surface area contributed by atoms with Gasteiger partial charge in [0.2, 0.25) is 0 Å². The van der Waals surface area contributed by atoms with E-state index < -0.39 is 0 Å². The highest BCUT2D eigenvalue weighted by Crippen LogP contribution is 2.23. The van der Waals surface area contributed by atoms with Gasteiger partial charge in [-0.1, -0.05) is 38.3 Å². The molecule has 0 amide bonds. The molecule has 94 valence electrons. The van der Waals surface area contributed by atoms with E-state index in [1.54, 1.807) is 0 Å². The van der Waals surface area contributed by atoms with Gasteiger partial charge >= 0.3 is 0 Å². The summed E-state index contributed by atoms with van der Waals surface area (Å²) < 4.78 is 0. The molecule has 0 aliphatic rings. The van der Waals surface area contributed by atoms with Crippen LogP contribution in [0.2, 0.25) is 0 Å². The van der Waals surface area contributed by atoms with Crippen molar-refractivity contribution in [1.29, 1.82) is 5.26 Å². The van der Waals surface area contributed by atoms with Crippen molar-refractivity contribution in [1.82, 2.24) is 0 Å². The molecule has 1 heteroatoms. The van der Waals surface area contributed by atoms with Gasteiger partial charge in [0.05, 0.1) is 6.07 Å². The quantitative estimate of drug-likeness (QED) is 0.363. The van der Waals surface area contributed by atoms with E-state index in [9.17, 15) is 0 Å². The normalized spacial score (nSPS) is 11.6. The monoisotopic (exact) mass is 231 g/mol. The lowest BCUT2D eigenvalue weighted by atomic mass is 9.90. The third-order valence-electron chi connectivity index (χ3n) is 2.74. The molecule has 0 bridgehead atoms. The van der Waals surface area contributed by atoms with Gasteiger partial charge in [0, 0.05) is 5.57 Å². The molecule has 1 nitrogen and oxygen atoms in total. The molecule has 0 spiro atoms. The predicted molar refractivity (Wildman–Crippen MR) is 76.3 cm³/mol. The van der Waals surface area contributed by atoms with Crippen LogP contribution in [0.5, 0.6) is 0 Å². The second-order valence-corrected chi connectivity index (χ2v) is 4.02. The molecule has 0 rings (SSSR count). The van der Waals surface area contributed by atoms with Gasteiger partial charge in [0.25, 0.3) is 0 Å². The van der Waals surface area contributed by atoms with Gasteiger partial charge in [-0.05, 0) is 38.7 Å². The first kappa shape index (κ1) is 17.9. The fraction of sp³-hybridized carbons (Fsp3) is 0.562. The Labute approximate surface area is 107 Å². The highest BCUT2D eigenvalue weighted by molar-refractivity contribution is 5.35. The Hall–Kier alpha value is -1.47. The van der Waals surface area contributed by atoms with Crippen molar-refractivity contribution in [3.8, 4) is 18.9 Å². The zero-order chi connectivity index (χ0) is 13.7. The van der Waals surface area contributed by atoms with E-state index in [2.05, 4.69) is 39.7 Å². The number of hydrogen-bond donors (Lipinski definition) is 0. The Morgan fingerprint density at radius 2 is 1.71 bits per heavy atom. The zero-order valence-corrected chi connectivity index (χ0v) is 11.7. The molecular weight excluding hydrogens is 206 g/mol. The van der Waals surface area contributed by atoms with Gasteiger partial charge < -0.3 is 0 Å². The SMILES string of the molecule is C#C.C/C=C(C#N)\C=C(/C)C(CCC)CCC. The molecule has 0 radical (unpaired) electrons. The van der Waals surface area contributed by atoms with E-state index in [0.717, 1.165) is 5.57 Å². The average Bonchev–Trinajstić information content (AvgIpc) is 2.37. The Morgan fingerprint density at radius 3 is 2.00 bits per heavy atom. The van der Waals surface area contributed by atoms with Crippen molar-refractivity contribution < 1.29 is 0 Å². The molecule has 0 atom stereocenters. The van der Waals surface area contributed by atoms with Gasteiger partial charge in [-0.15, -0.1) is 12.8 Å². The van der Waals surface area contributed by atoms with E-state index >= 15 is 0 Å². The van der Waals surface area contributed by atoms with Crippen molar-refractivity contribution in [3.63, 3.8) is 0 Å². The summed E-state index contributed by atoms with van der Waals surface area (Å²) in [5.41, 5.74) is 2.14. The second-order valence-electron chi connectivity index (χ2n) is 4.02. The largest absolute Gasteiger partial charge is 0.192 e. The fourth-order valence-corrected chi connectivity index (χ4v) is 1.84. The van der Waals surface area contributed by atoms with Crippen LogP contribution in [0.15, 0.2) is 23.3 Å². The predicted octanol–water partition coefficient (Wildman–Crippen LogP) is 4.87. The molecule has 0 saturated carbocycles. The van der Waals surface area contributed by atoms with E-state index in [-0.39, 0.29) is 0 Å². The first-order chi connectivity index (χ1) is 8.19. The molecule has 0 aromatic heterocycles. The van der Waals surface area contributed by atoms with Crippen molar-refractivity contribution in [3.05, 3.63) is 23.3 Å². The molecule has 0 fully saturated rings. The van der Waals surface area contributed by atoms with Crippen LogP contribution in [-0.2, 0) is 0 Å². The van der Waals surface area contributed by atoms with Crippen LogP contribution in [0.1, 0.15) is 53.4 Å². The van der Waals surface area contributed by atoms with E-state index in [1.165, 1.54) is 31.3 Å². The maximum Gasteiger partial charge on any atom is 0.0988 e. The first-order valence-electron chi connectivity index (χ1n) is 6.27. The van der Waals surface area contributed by atoms with E-state index in [0.29, 0.717) is 5.92 Å². The van der Waals surface area contributed by atoms with E-state index in [4.69, 9.17) is 5.26 Å². The molecule has 0 heterocycles. The number of rotatable bonds is 6. The van der Waals surface area contributed by atoms with Crippen LogP contribution < -0.4 is 0 Å². The summed E-state index contributed by atoms with van der Waals surface area (Å²) in [4.78, 5) is 0. The Morgan fingerprint density at radius 1 is 1.24 bits per heavy atom. The first-order valence-corrected chi connectivity index (χ1v) is 6.27. The van der Waals surface area contributed by atoms with Gasteiger partial charge in [-0.2, -0.15) is 5.26 Å². The maximum atomic E-state index is 8.85. The minimum atomic E-state index is 0.656. The Balaban J connectivity index is 0. The van der Waals surface area contributed by atoms with Gasteiger partial charge in [0.1, 0.15) is 0 Å². The number of nitriles is 1. The molecular formula is C16H25N. The van der Waals surface area contributed by atoms with Crippen LogP contribution in [0.25, 0.3) is 0 Å².